The number of rotatable bonds is 7. The highest BCUT2D eigenvalue weighted by Crippen LogP contribution is 2.21. The van der Waals surface area contributed by atoms with Gasteiger partial charge < -0.3 is 9.47 Å². The highest BCUT2D eigenvalue weighted by molar-refractivity contribution is 6.31. The molecule has 0 N–H and O–H groups in total. The van der Waals surface area contributed by atoms with E-state index in [0.717, 1.165) is 16.8 Å². The van der Waals surface area contributed by atoms with Gasteiger partial charge in [-0.2, -0.15) is 10.4 Å². The van der Waals surface area contributed by atoms with Crippen molar-refractivity contribution in [1.82, 2.24) is 9.78 Å². The fourth-order valence-electron chi connectivity index (χ4n) is 2.66. The van der Waals surface area contributed by atoms with E-state index in [4.69, 9.17) is 21.1 Å². The Hall–Kier alpha value is -2.62. The first-order valence-corrected chi connectivity index (χ1v) is 8.84. The van der Waals surface area contributed by atoms with Gasteiger partial charge in [-0.25, -0.2) is 4.79 Å². The second-order valence-corrected chi connectivity index (χ2v) is 6.58. The van der Waals surface area contributed by atoms with Crippen LogP contribution >= 0.6 is 11.6 Å². The van der Waals surface area contributed by atoms with Gasteiger partial charge in [-0.1, -0.05) is 29.8 Å². The van der Waals surface area contributed by atoms with Gasteiger partial charge in [0.2, 0.25) is 0 Å². The molecule has 2 rings (SSSR count). The maximum absolute atomic E-state index is 12.2. The minimum Gasteiger partial charge on any atom is -0.456 e. The molecule has 0 amide bonds. The molecule has 1 heterocycles. The lowest BCUT2D eigenvalue weighted by atomic mass is 10.1. The summed E-state index contributed by atoms with van der Waals surface area (Å²) in [6, 6.07) is 9.46. The number of benzene rings is 1. The Bertz CT molecular complexity index is 896. The number of aromatic nitrogens is 2. The van der Waals surface area contributed by atoms with Crippen LogP contribution in [0.15, 0.2) is 29.8 Å². The summed E-state index contributed by atoms with van der Waals surface area (Å²) in [5, 5.41) is 14.5. The quantitative estimate of drug-likeness (QED) is 0.411. The van der Waals surface area contributed by atoms with Gasteiger partial charge >= 0.3 is 5.97 Å². The number of methoxy groups -OCH3 is 1. The number of ether oxygens (including phenoxy) is 2. The first kappa shape index (κ1) is 20.7. The molecule has 1 aromatic carbocycles. The van der Waals surface area contributed by atoms with Crippen molar-refractivity contribution < 1.29 is 14.3 Å². The van der Waals surface area contributed by atoms with Crippen LogP contribution in [0.1, 0.15) is 29.4 Å². The molecule has 0 unspecified atom stereocenters. The maximum Gasteiger partial charge on any atom is 0.349 e. The molecule has 0 saturated carbocycles. The van der Waals surface area contributed by atoms with E-state index in [9.17, 15) is 10.1 Å². The summed E-state index contributed by atoms with van der Waals surface area (Å²) >= 11 is 6.23. The number of nitriles is 1. The van der Waals surface area contributed by atoms with Crippen LogP contribution in [0.25, 0.3) is 6.08 Å². The molecule has 0 aliphatic carbocycles. The third-order valence-corrected chi connectivity index (χ3v) is 4.42. The number of carbonyl (C=O) groups is 1. The smallest absolute Gasteiger partial charge is 0.349 e. The van der Waals surface area contributed by atoms with Crippen molar-refractivity contribution in [3.05, 3.63) is 57.4 Å². The van der Waals surface area contributed by atoms with E-state index in [1.54, 1.807) is 11.6 Å². The molecule has 0 spiro atoms. The summed E-state index contributed by atoms with van der Waals surface area (Å²) < 4.78 is 12.0. The monoisotopic (exact) mass is 387 g/mol. The molecule has 0 aliphatic heterocycles. The molecule has 1 aromatic heterocycles. The lowest BCUT2D eigenvalue weighted by Gasteiger charge is -2.11. The van der Waals surface area contributed by atoms with E-state index in [0.29, 0.717) is 17.3 Å². The summed E-state index contributed by atoms with van der Waals surface area (Å²) in [7, 11) is 1.52. The number of aryl methyl sites for hydroxylation is 1. The Balaban J connectivity index is 2.29. The van der Waals surface area contributed by atoms with E-state index in [2.05, 4.69) is 5.10 Å². The largest absolute Gasteiger partial charge is 0.456 e. The Morgan fingerprint density at radius 3 is 2.74 bits per heavy atom. The topological polar surface area (TPSA) is 77.1 Å². The molecule has 0 fully saturated rings. The van der Waals surface area contributed by atoms with Crippen molar-refractivity contribution in [2.75, 3.05) is 13.7 Å². The fraction of sp³-hybridized carbons (Fsp3) is 0.350. The van der Waals surface area contributed by atoms with Crippen LogP contribution < -0.4 is 0 Å². The van der Waals surface area contributed by atoms with Crippen molar-refractivity contribution in [1.29, 1.82) is 5.26 Å². The van der Waals surface area contributed by atoms with E-state index < -0.39 is 12.1 Å². The van der Waals surface area contributed by atoms with Crippen molar-refractivity contribution in [2.45, 2.75) is 33.4 Å². The number of nitrogens with zero attached hydrogens (tertiary/aromatic N) is 3. The fourth-order valence-corrected chi connectivity index (χ4v) is 2.85. The predicted molar refractivity (Wildman–Crippen MR) is 103 cm³/mol. The lowest BCUT2D eigenvalue weighted by molar-refractivity contribution is -0.145. The van der Waals surface area contributed by atoms with Gasteiger partial charge in [-0.05, 0) is 38.5 Å². The third kappa shape index (κ3) is 5.19. The number of hydrogen-bond acceptors (Lipinski definition) is 5. The van der Waals surface area contributed by atoms with Crippen LogP contribution in [-0.4, -0.2) is 35.6 Å². The van der Waals surface area contributed by atoms with Gasteiger partial charge in [0.15, 0.2) is 0 Å². The first-order chi connectivity index (χ1) is 12.9. The first-order valence-electron chi connectivity index (χ1n) is 8.46. The molecule has 0 saturated heterocycles. The normalized spacial score (nSPS) is 12.5. The standard InChI is InChI=1S/C20H22ClN3O3/c1-13(12-26-4)27-20(25)17(10-22)9-18-14(2)23-24(15(18)3)11-16-7-5-6-8-19(16)21/h5-9,13H,11-12H2,1-4H3/b17-9+/t13-/m1/s1. The van der Waals surface area contributed by atoms with Gasteiger partial charge in [0.1, 0.15) is 17.7 Å². The highest BCUT2D eigenvalue weighted by Gasteiger charge is 2.18. The Kier molecular flexibility index (Phi) is 7.17. The number of carbonyl (C=O) groups excluding carboxylic acids is 1. The number of halogens is 1. The number of hydrogen-bond donors (Lipinski definition) is 0. The molecule has 27 heavy (non-hydrogen) atoms. The van der Waals surface area contributed by atoms with Crippen LogP contribution in [0.3, 0.4) is 0 Å². The zero-order valence-corrected chi connectivity index (χ0v) is 16.6. The van der Waals surface area contributed by atoms with Crippen LogP contribution in [0.5, 0.6) is 0 Å². The molecule has 1 atom stereocenters. The summed E-state index contributed by atoms with van der Waals surface area (Å²) in [6.45, 7) is 6.18. The predicted octanol–water partition coefficient (Wildman–Crippen LogP) is 3.69. The summed E-state index contributed by atoms with van der Waals surface area (Å²) in [4.78, 5) is 12.2. The molecule has 2 aromatic rings. The minimum absolute atomic E-state index is 0.0820. The molecule has 0 bridgehead atoms. The van der Waals surface area contributed by atoms with Gasteiger partial charge in [-0.15, -0.1) is 0 Å². The second kappa shape index (κ2) is 9.36. The van der Waals surface area contributed by atoms with Gasteiger partial charge in [-0.3, -0.25) is 4.68 Å². The van der Waals surface area contributed by atoms with E-state index in [-0.39, 0.29) is 12.2 Å². The van der Waals surface area contributed by atoms with Crippen molar-refractivity contribution >= 4 is 23.6 Å². The molecule has 0 radical (unpaired) electrons. The van der Waals surface area contributed by atoms with E-state index in [1.165, 1.54) is 13.2 Å². The Morgan fingerprint density at radius 2 is 2.11 bits per heavy atom. The molecular weight excluding hydrogens is 366 g/mol. The molecule has 6 nitrogen and oxygen atoms in total. The average Bonchev–Trinajstić information content (AvgIpc) is 2.88. The summed E-state index contributed by atoms with van der Waals surface area (Å²) in [5.41, 5.74) is 3.12. The number of esters is 1. The molecule has 7 heteroatoms. The molecular formula is C20H22ClN3O3. The van der Waals surface area contributed by atoms with E-state index in [1.807, 2.05) is 44.2 Å². The van der Waals surface area contributed by atoms with Gasteiger partial charge in [0.25, 0.3) is 0 Å². The second-order valence-electron chi connectivity index (χ2n) is 6.17. The Labute approximate surface area is 164 Å². The van der Waals surface area contributed by atoms with Crippen LogP contribution in [0.2, 0.25) is 5.02 Å². The maximum atomic E-state index is 12.2. The Morgan fingerprint density at radius 1 is 1.41 bits per heavy atom. The SMILES string of the molecule is COC[C@@H](C)OC(=O)/C(C#N)=C/c1c(C)nn(Cc2ccccc2Cl)c1C. The van der Waals surface area contributed by atoms with Crippen LogP contribution in [-0.2, 0) is 20.8 Å². The average molecular weight is 388 g/mol. The molecule has 0 aliphatic rings. The summed E-state index contributed by atoms with van der Waals surface area (Å²) in [6.07, 6.45) is 1.08. The van der Waals surface area contributed by atoms with E-state index >= 15 is 0 Å². The highest BCUT2D eigenvalue weighted by atomic mass is 35.5. The van der Waals surface area contributed by atoms with Crippen molar-refractivity contribution in [2.24, 2.45) is 0 Å². The minimum atomic E-state index is -0.681. The van der Waals surface area contributed by atoms with Gasteiger partial charge in [0, 0.05) is 23.4 Å². The van der Waals surface area contributed by atoms with Crippen LogP contribution in [0.4, 0.5) is 0 Å². The zero-order valence-electron chi connectivity index (χ0n) is 15.8. The summed E-state index contributed by atoms with van der Waals surface area (Å²) in [5.74, 6) is -0.681. The lowest BCUT2D eigenvalue weighted by Crippen LogP contribution is -2.20. The van der Waals surface area contributed by atoms with Gasteiger partial charge in [0.05, 0.1) is 18.8 Å². The zero-order chi connectivity index (χ0) is 20.0. The van der Waals surface area contributed by atoms with Crippen LogP contribution in [0, 0.1) is 25.2 Å². The third-order valence-electron chi connectivity index (χ3n) is 4.05. The van der Waals surface area contributed by atoms with Crippen molar-refractivity contribution in [3.63, 3.8) is 0 Å². The molecule has 142 valence electrons. The van der Waals surface area contributed by atoms with Crippen molar-refractivity contribution in [3.8, 4) is 6.07 Å².